The molecule has 0 spiro atoms. The lowest BCUT2D eigenvalue weighted by atomic mass is 9.95. The van der Waals surface area contributed by atoms with Gasteiger partial charge in [-0.05, 0) is 29.3 Å². The average molecular weight is 560 g/mol. The number of aromatic nitrogens is 2. The maximum absolute atomic E-state index is 12.9. The molecule has 0 aliphatic carbocycles. The van der Waals surface area contributed by atoms with Crippen LogP contribution in [-0.4, -0.2) is 27.0 Å². The molecular formula is C29H19F3N4O5. The molecule has 2 aromatic heterocycles. The van der Waals surface area contributed by atoms with Crippen LogP contribution in [0.25, 0.3) is 44.4 Å². The molecule has 12 heteroatoms. The smallest absolute Gasteiger partial charge is 0.436 e. The van der Waals surface area contributed by atoms with Gasteiger partial charge in [0.25, 0.3) is 11.2 Å². The summed E-state index contributed by atoms with van der Waals surface area (Å²) in [7, 11) is 0. The van der Waals surface area contributed by atoms with Crippen molar-refractivity contribution in [1.82, 2.24) is 9.97 Å². The van der Waals surface area contributed by atoms with Crippen LogP contribution in [0.4, 0.5) is 18.9 Å². The second-order valence-electron chi connectivity index (χ2n) is 8.93. The van der Waals surface area contributed by atoms with Crippen molar-refractivity contribution in [1.29, 1.82) is 0 Å². The summed E-state index contributed by atoms with van der Waals surface area (Å²) in [4.78, 5) is 42.2. The highest BCUT2D eigenvalue weighted by Gasteiger charge is 2.42. The first-order chi connectivity index (χ1) is 19.5. The molecule has 0 amide bonds. The number of nitrogens with zero attached hydrogens (tertiary/aromatic N) is 2. The van der Waals surface area contributed by atoms with E-state index >= 15 is 0 Å². The van der Waals surface area contributed by atoms with E-state index in [1.165, 1.54) is 30.5 Å². The Morgan fingerprint density at radius 3 is 2.15 bits per heavy atom. The molecule has 41 heavy (non-hydrogen) atoms. The van der Waals surface area contributed by atoms with Gasteiger partial charge in [0.1, 0.15) is 0 Å². The monoisotopic (exact) mass is 560 g/mol. The number of halogens is 3. The summed E-state index contributed by atoms with van der Waals surface area (Å²) in [5.74, 6) is -2.40. The first-order valence-electron chi connectivity index (χ1n) is 12.0. The van der Waals surface area contributed by atoms with Crippen LogP contribution in [0.15, 0.2) is 95.9 Å². The Morgan fingerprint density at radius 1 is 0.927 bits per heavy atom. The molecule has 3 aromatic carbocycles. The van der Waals surface area contributed by atoms with Gasteiger partial charge in [-0.15, -0.1) is 0 Å². The third kappa shape index (κ3) is 5.54. The zero-order valence-corrected chi connectivity index (χ0v) is 20.9. The number of rotatable bonds is 6. The molecule has 9 nitrogen and oxygen atoms in total. The van der Waals surface area contributed by atoms with Crippen molar-refractivity contribution in [2.24, 2.45) is 5.73 Å². The first kappa shape index (κ1) is 27.2. The zero-order chi connectivity index (χ0) is 29.3. The molecule has 0 aliphatic rings. The van der Waals surface area contributed by atoms with E-state index in [9.17, 15) is 32.9 Å². The molecule has 0 saturated heterocycles. The Labute approximate surface area is 229 Å². The highest BCUT2D eigenvalue weighted by Crippen LogP contribution is 2.36. The fourth-order valence-corrected chi connectivity index (χ4v) is 4.30. The van der Waals surface area contributed by atoms with E-state index in [4.69, 9.17) is 10.7 Å². The van der Waals surface area contributed by atoms with Crippen molar-refractivity contribution >= 4 is 22.6 Å². The molecule has 5 rings (SSSR count). The summed E-state index contributed by atoms with van der Waals surface area (Å²) in [5.41, 5.74) is 9.07. The Balaban J connectivity index is 1.65. The molecule has 0 fully saturated rings. The van der Waals surface area contributed by atoms with Crippen LogP contribution in [0.3, 0.4) is 0 Å². The number of non-ortho nitro benzene ring substituents is 1. The number of nitrogens with two attached hydrogens (primary N) is 1. The van der Waals surface area contributed by atoms with Crippen molar-refractivity contribution < 1.29 is 27.6 Å². The Kier molecular flexibility index (Phi) is 7.08. The van der Waals surface area contributed by atoms with Crippen LogP contribution >= 0.6 is 0 Å². The van der Waals surface area contributed by atoms with Crippen LogP contribution in [0.5, 0.6) is 0 Å². The van der Waals surface area contributed by atoms with Crippen molar-refractivity contribution in [3.8, 4) is 33.5 Å². The Morgan fingerprint density at radius 2 is 1.54 bits per heavy atom. The number of aromatic amines is 1. The van der Waals surface area contributed by atoms with Gasteiger partial charge >= 0.3 is 12.1 Å². The van der Waals surface area contributed by atoms with Crippen LogP contribution in [-0.2, 0) is 9.53 Å². The Hall–Kier alpha value is -5.36. The highest BCUT2D eigenvalue weighted by atomic mass is 19.4. The summed E-state index contributed by atoms with van der Waals surface area (Å²) >= 11 is 0. The van der Waals surface area contributed by atoms with Gasteiger partial charge in [0.05, 0.1) is 21.5 Å². The van der Waals surface area contributed by atoms with E-state index in [0.717, 1.165) is 5.56 Å². The number of nitro groups is 1. The predicted octanol–water partition coefficient (Wildman–Crippen LogP) is 5.90. The van der Waals surface area contributed by atoms with Gasteiger partial charge in [0, 0.05) is 40.6 Å². The van der Waals surface area contributed by atoms with Gasteiger partial charge in [0.15, 0.2) is 6.23 Å². The fraction of sp³-hybridized carbons (Fsp3) is 0.0690. The van der Waals surface area contributed by atoms with Crippen LogP contribution < -0.4 is 11.3 Å². The largest absolute Gasteiger partial charge is 0.490 e. The SMILES string of the molecule is NC(OC(=O)C(F)(F)F)c1ccc(-c2nc3c(-c4ccc([N+](=O)[O-])cc4)c[nH]c(=O)c3cc2-c2ccccc2)cc1. The standard InChI is InChI=1S/C29H19F3N4O5/c30-29(31,32)28(38)41-26(33)19-8-6-18(7-9-19)24-21(16-4-2-1-3-5-16)14-22-25(35-24)23(15-34-27(22)37)17-10-12-20(13-11-17)36(39)40/h1-15,26H,33H2,(H,34,37). The van der Waals surface area contributed by atoms with Gasteiger partial charge in [-0.1, -0.05) is 54.6 Å². The number of esters is 1. The maximum Gasteiger partial charge on any atom is 0.490 e. The predicted molar refractivity (Wildman–Crippen MR) is 144 cm³/mol. The highest BCUT2D eigenvalue weighted by molar-refractivity contribution is 5.98. The van der Waals surface area contributed by atoms with Crippen molar-refractivity contribution in [3.63, 3.8) is 0 Å². The van der Waals surface area contributed by atoms with Gasteiger partial charge in [-0.3, -0.25) is 20.6 Å². The number of alkyl halides is 3. The van der Waals surface area contributed by atoms with E-state index < -0.39 is 28.9 Å². The number of nitrogens with one attached hydrogen (secondary N) is 1. The minimum Gasteiger partial charge on any atom is -0.436 e. The van der Waals surface area contributed by atoms with Gasteiger partial charge in [-0.2, -0.15) is 13.2 Å². The number of benzene rings is 3. The lowest BCUT2D eigenvalue weighted by molar-refractivity contribution is -0.384. The maximum atomic E-state index is 12.9. The number of fused-ring (bicyclic) bond motifs is 1. The molecule has 0 saturated carbocycles. The van der Waals surface area contributed by atoms with E-state index in [0.29, 0.717) is 33.5 Å². The number of nitro benzene ring substituents is 1. The number of carbonyl (C=O) groups is 1. The third-order valence-electron chi connectivity index (χ3n) is 6.32. The summed E-state index contributed by atoms with van der Waals surface area (Å²) < 4.78 is 42.1. The van der Waals surface area contributed by atoms with Crippen LogP contribution in [0, 0.1) is 10.1 Å². The quantitative estimate of drug-likeness (QED) is 0.114. The number of H-pyrrole nitrogens is 1. The van der Waals surface area contributed by atoms with Crippen LogP contribution in [0.2, 0.25) is 0 Å². The minimum absolute atomic E-state index is 0.0956. The number of hydrogen-bond acceptors (Lipinski definition) is 7. The number of pyridine rings is 2. The lowest BCUT2D eigenvalue weighted by Gasteiger charge is -2.16. The molecule has 2 heterocycles. The molecule has 3 N–H and O–H groups in total. The lowest BCUT2D eigenvalue weighted by Crippen LogP contribution is -2.29. The molecular weight excluding hydrogens is 541 g/mol. The molecule has 0 aliphatic heterocycles. The molecule has 1 unspecified atom stereocenters. The van der Waals surface area contributed by atoms with Crippen LogP contribution in [0.1, 0.15) is 11.8 Å². The third-order valence-corrected chi connectivity index (χ3v) is 6.32. The minimum atomic E-state index is -5.18. The fourth-order valence-electron chi connectivity index (χ4n) is 4.30. The summed E-state index contributed by atoms with van der Waals surface area (Å²) in [6.07, 6.45) is -5.36. The first-order valence-corrected chi connectivity index (χ1v) is 12.0. The number of hydrogen-bond donors (Lipinski definition) is 2. The zero-order valence-electron chi connectivity index (χ0n) is 20.9. The summed E-state index contributed by atoms with van der Waals surface area (Å²) in [6, 6.07) is 22.6. The van der Waals surface area contributed by atoms with Gasteiger partial charge in [-0.25, -0.2) is 9.78 Å². The molecule has 5 aromatic rings. The van der Waals surface area contributed by atoms with Gasteiger partial charge < -0.3 is 9.72 Å². The van der Waals surface area contributed by atoms with E-state index in [1.807, 2.05) is 30.3 Å². The number of carbonyl (C=O) groups excluding carboxylic acids is 1. The molecule has 0 radical (unpaired) electrons. The normalized spacial score (nSPS) is 12.2. The van der Waals surface area contributed by atoms with E-state index in [1.54, 1.807) is 30.3 Å². The molecule has 1 atom stereocenters. The van der Waals surface area contributed by atoms with E-state index in [2.05, 4.69) is 9.72 Å². The van der Waals surface area contributed by atoms with E-state index in [-0.39, 0.29) is 16.6 Å². The van der Waals surface area contributed by atoms with Crippen molar-refractivity contribution in [2.45, 2.75) is 12.4 Å². The second-order valence-corrected chi connectivity index (χ2v) is 8.93. The second kappa shape index (κ2) is 10.7. The summed E-state index contributed by atoms with van der Waals surface area (Å²) in [6.45, 7) is 0. The molecule has 206 valence electrons. The van der Waals surface area contributed by atoms with Crippen molar-refractivity contribution in [2.75, 3.05) is 0 Å². The van der Waals surface area contributed by atoms with Crippen molar-refractivity contribution in [3.05, 3.63) is 117 Å². The average Bonchev–Trinajstić information content (AvgIpc) is 2.97. The van der Waals surface area contributed by atoms with Gasteiger partial charge in [0.2, 0.25) is 0 Å². The summed E-state index contributed by atoms with van der Waals surface area (Å²) in [5, 5.41) is 11.4. The topological polar surface area (TPSA) is 141 Å². The molecule has 0 bridgehead atoms. The Bertz CT molecular complexity index is 1820. The number of ether oxygens (including phenoxy) is 1.